The maximum absolute atomic E-state index is 5.81. The Labute approximate surface area is 99.3 Å². The summed E-state index contributed by atoms with van der Waals surface area (Å²) >= 11 is 5.81. The van der Waals surface area contributed by atoms with Crippen LogP contribution in [0.5, 0.6) is 0 Å². The van der Waals surface area contributed by atoms with Crippen LogP contribution >= 0.6 is 11.6 Å². The molecule has 0 aliphatic rings. The predicted octanol–water partition coefficient (Wildman–Crippen LogP) is 2.58. The molecule has 0 N–H and O–H groups in total. The molecule has 0 aliphatic heterocycles. The molecule has 2 aromatic rings. The molecule has 0 saturated carbocycles. The Bertz CT molecular complexity index is 492. The number of nitrogens with zero attached hydrogens (tertiary/aromatic N) is 4. The Balaban J connectivity index is 2.49. The zero-order chi connectivity index (χ0) is 11.5. The quantitative estimate of drug-likeness (QED) is 0.770. The molecule has 0 unspecified atom stereocenters. The molecule has 0 aromatic carbocycles. The molecule has 5 heteroatoms. The first kappa shape index (κ1) is 11.1. The summed E-state index contributed by atoms with van der Waals surface area (Å²) in [6.45, 7) is 4.08. The minimum Gasteiger partial charge on any atom is -0.288 e. The van der Waals surface area contributed by atoms with Crippen molar-refractivity contribution in [3.05, 3.63) is 35.3 Å². The zero-order valence-corrected chi connectivity index (χ0v) is 10.1. The summed E-state index contributed by atoms with van der Waals surface area (Å²) in [6.07, 6.45) is 7.38. The molecule has 2 rings (SSSR count). The van der Waals surface area contributed by atoms with Gasteiger partial charge in [-0.15, -0.1) is 0 Å². The van der Waals surface area contributed by atoms with Crippen LogP contribution in [0.15, 0.2) is 18.6 Å². The molecule has 0 amide bonds. The summed E-state index contributed by atoms with van der Waals surface area (Å²) < 4.78 is 1.96. The van der Waals surface area contributed by atoms with Crippen LogP contribution in [0.3, 0.4) is 0 Å². The number of aryl methyl sites for hydroxylation is 2. The highest BCUT2D eigenvalue weighted by Crippen LogP contribution is 2.15. The molecule has 4 nitrogen and oxygen atoms in total. The normalized spacial score (nSPS) is 10.7. The summed E-state index contributed by atoms with van der Waals surface area (Å²) in [4.78, 5) is 12.5. The Morgan fingerprint density at radius 1 is 1.38 bits per heavy atom. The zero-order valence-electron chi connectivity index (χ0n) is 9.31. The Morgan fingerprint density at radius 2 is 2.19 bits per heavy atom. The molecule has 0 aliphatic carbocycles. The van der Waals surface area contributed by atoms with E-state index in [4.69, 9.17) is 11.6 Å². The van der Waals surface area contributed by atoms with Crippen molar-refractivity contribution in [1.82, 2.24) is 19.5 Å². The number of aromatic nitrogens is 4. The fourth-order valence-corrected chi connectivity index (χ4v) is 1.72. The Morgan fingerprint density at radius 3 is 2.94 bits per heavy atom. The number of imidazole rings is 1. The van der Waals surface area contributed by atoms with E-state index in [9.17, 15) is 0 Å². The topological polar surface area (TPSA) is 43.6 Å². The van der Waals surface area contributed by atoms with Gasteiger partial charge in [0.05, 0.1) is 0 Å². The Hall–Kier alpha value is -1.42. The van der Waals surface area contributed by atoms with Gasteiger partial charge < -0.3 is 0 Å². The van der Waals surface area contributed by atoms with E-state index in [1.165, 1.54) is 0 Å². The van der Waals surface area contributed by atoms with Crippen LogP contribution in [0, 0.1) is 6.92 Å². The number of hydrogen-bond donors (Lipinski definition) is 0. The third-order valence-corrected chi connectivity index (χ3v) is 2.52. The van der Waals surface area contributed by atoms with Crippen LogP contribution < -0.4 is 0 Å². The van der Waals surface area contributed by atoms with Gasteiger partial charge in [-0.1, -0.05) is 6.92 Å². The first-order valence-corrected chi connectivity index (χ1v) is 5.62. The summed E-state index contributed by atoms with van der Waals surface area (Å²) in [7, 11) is 0. The highest BCUT2D eigenvalue weighted by atomic mass is 35.5. The lowest BCUT2D eigenvalue weighted by atomic mass is 10.3. The number of rotatable bonds is 3. The number of halogens is 1. The lowest BCUT2D eigenvalue weighted by molar-refractivity contribution is 0.792. The van der Waals surface area contributed by atoms with Crippen molar-refractivity contribution < 1.29 is 0 Å². The van der Waals surface area contributed by atoms with Crippen molar-refractivity contribution in [2.24, 2.45) is 0 Å². The highest BCUT2D eigenvalue weighted by molar-refractivity contribution is 6.28. The van der Waals surface area contributed by atoms with E-state index in [1.54, 1.807) is 12.4 Å². The molecule has 0 fully saturated rings. The van der Waals surface area contributed by atoms with Gasteiger partial charge in [0.25, 0.3) is 0 Å². The van der Waals surface area contributed by atoms with E-state index in [0.717, 1.165) is 30.0 Å². The maximum atomic E-state index is 5.81. The van der Waals surface area contributed by atoms with E-state index in [1.807, 2.05) is 17.7 Å². The van der Waals surface area contributed by atoms with Gasteiger partial charge in [-0.25, -0.2) is 9.97 Å². The SMILES string of the molecule is CCCc1nccn1-c1nc(Cl)ncc1C. The van der Waals surface area contributed by atoms with E-state index in [0.29, 0.717) is 0 Å². The van der Waals surface area contributed by atoms with Crippen molar-refractivity contribution in [2.45, 2.75) is 26.7 Å². The molecule has 84 valence electrons. The van der Waals surface area contributed by atoms with Crippen molar-refractivity contribution in [3.63, 3.8) is 0 Å². The van der Waals surface area contributed by atoms with Crippen LogP contribution in [-0.2, 0) is 6.42 Å². The van der Waals surface area contributed by atoms with Crippen LogP contribution in [0.2, 0.25) is 5.28 Å². The van der Waals surface area contributed by atoms with Crippen molar-refractivity contribution in [3.8, 4) is 5.82 Å². The Kier molecular flexibility index (Phi) is 3.19. The largest absolute Gasteiger partial charge is 0.288 e. The molecular formula is C11H13ClN4. The van der Waals surface area contributed by atoms with E-state index in [-0.39, 0.29) is 5.28 Å². The molecule has 0 spiro atoms. The molecule has 2 heterocycles. The molecule has 16 heavy (non-hydrogen) atoms. The molecule has 0 atom stereocenters. The fraction of sp³-hybridized carbons (Fsp3) is 0.364. The monoisotopic (exact) mass is 236 g/mol. The predicted molar refractivity (Wildman–Crippen MR) is 62.9 cm³/mol. The maximum Gasteiger partial charge on any atom is 0.224 e. The van der Waals surface area contributed by atoms with Crippen molar-refractivity contribution in [1.29, 1.82) is 0 Å². The van der Waals surface area contributed by atoms with Crippen LogP contribution in [0.4, 0.5) is 0 Å². The number of hydrogen-bond acceptors (Lipinski definition) is 3. The molecule has 0 bridgehead atoms. The summed E-state index contributed by atoms with van der Waals surface area (Å²) in [5, 5.41) is 0.261. The van der Waals surface area contributed by atoms with Gasteiger partial charge >= 0.3 is 0 Å². The molecule has 0 saturated heterocycles. The second-order valence-electron chi connectivity index (χ2n) is 3.61. The van der Waals surface area contributed by atoms with Crippen LogP contribution in [0.25, 0.3) is 5.82 Å². The van der Waals surface area contributed by atoms with Crippen LogP contribution in [0.1, 0.15) is 24.7 Å². The van der Waals surface area contributed by atoms with Crippen molar-refractivity contribution >= 4 is 11.6 Å². The van der Waals surface area contributed by atoms with E-state index < -0.39 is 0 Å². The lowest BCUT2D eigenvalue weighted by Crippen LogP contribution is -2.05. The molecule has 2 aromatic heterocycles. The molecular weight excluding hydrogens is 224 g/mol. The standard InChI is InChI=1S/C11H13ClN4/c1-3-4-9-13-5-6-16(9)10-8(2)7-14-11(12)15-10/h5-7H,3-4H2,1-2H3. The van der Waals surface area contributed by atoms with Gasteiger partial charge in [-0.3, -0.25) is 4.57 Å². The van der Waals surface area contributed by atoms with Gasteiger partial charge in [0.1, 0.15) is 11.6 Å². The van der Waals surface area contributed by atoms with Gasteiger partial charge in [-0.2, -0.15) is 4.98 Å². The van der Waals surface area contributed by atoms with Gasteiger partial charge in [0.15, 0.2) is 0 Å². The average Bonchev–Trinajstić information content (AvgIpc) is 2.70. The minimum atomic E-state index is 0.261. The third kappa shape index (κ3) is 2.07. The first-order chi connectivity index (χ1) is 7.72. The smallest absolute Gasteiger partial charge is 0.224 e. The van der Waals surface area contributed by atoms with Crippen molar-refractivity contribution in [2.75, 3.05) is 0 Å². The van der Waals surface area contributed by atoms with Gasteiger partial charge in [0, 0.05) is 30.6 Å². The second kappa shape index (κ2) is 4.61. The summed E-state index contributed by atoms with van der Waals surface area (Å²) in [6, 6.07) is 0. The highest BCUT2D eigenvalue weighted by Gasteiger charge is 2.09. The van der Waals surface area contributed by atoms with Crippen LogP contribution in [-0.4, -0.2) is 19.5 Å². The summed E-state index contributed by atoms with van der Waals surface area (Å²) in [5.41, 5.74) is 0.986. The fourth-order valence-electron chi connectivity index (χ4n) is 1.59. The first-order valence-electron chi connectivity index (χ1n) is 5.24. The van der Waals surface area contributed by atoms with Gasteiger partial charge in [0.2, 0.25) is 5.28 Å². The van der Waals surface area contributed by atoms with Gasteiger partial charge in [-0.05, 0) is 24.9 Å². The lowest BCUT2D eigenvalue weighted by Gasteiger charge is -2.08. The van der Waals surface area contributed by atoms with E-state index in [2.05, 4.69) is 21.9 Å². The molecule has 0 radical (unpaired) electrons. The summed E-state index contributed by atoms with van der Waals surface area (Å²) in [5.74, 6) is 1.81. The van der Waals surface area contributed by atoms with E-state index >= 15 is 0 Å². The minimum absolute atomic E-state index is 0.261. The second-order valence-corrected chi connectivity index (χ2v) is 3.95. The third-order valence-electron chi connectivity index (χ3n) is 2.33. The average molecular weight is 237 g/mol.